The molecule has 90 valence electrons. The van der Waals surface area contributed by atoms with Crippen LogP contribution in [0.2, 0.25) is 4.34 Å². The van der Waals surface area contributed by atoms with Gasteiger partial charge >= 0.3 is 0 Å². The monoisotopic (exact) mass is 257 g/mol. The van der Waals surface area contributed by atoms with E-state index in [1.165, 1.54) is 24.1 Å². The first kappa shape index (κ1) is 12.4. The molecule has 3 heteroatoms. The van der Waals surface area contributed by atoms with Crippen LogP contribution in [-0.4, -0.2) is 6.04 Å². The van der Waals surface area contributed by atoms with E-state index in [9.17, 15) is 0 Å². The maximum Gasteiger partial charge on any atom is 0.0931 e. The zero-order chi connectivity index (χ0) is 11.5. The van der Waals surface area contributed by atoms with Crippen molar-refractivity contribution in [3.63, 3.8) is 0 Å². The fraction of sp³-hybridized carbons (Fsp3) is 0.692. The fourth-order valence-corrected chi connectivity index (χ4v) is 3.79. The Morgan fingerprint density at radius 3 is 2.56 bits per heavy atom. The average molecular weight is 258 g/mol. The highest BCUT2D eigenvalue weighted by Gasteiger charge is 2.26. The molecule has 2 atom stereocenters. The minimum Gasteiger partial charge on any atom is -0.309 e. The highest BCUT2D eigenvalue weighted by molar-refractivity contribution is 7.16. The Kier molecular flexibility index (Phi) is 4.28. The number of rotatable bonds is 3. The second-order valence-electron chi connectivity index (χ2n) is 5.00. The molecule has 1 saturated carbocycles. The Balaban J connectivity index is 1.88. The molecule has 1 nitrogen and oxygen atoms in total. The molecule has 1 aromatic rings. The van der Waals surface area contributed by atoms with E-state index < -0.39 is 0 Å². The molecule has 1 aliphatic carbocycles. The third-order valence-electron chi connectivity index (χ3n) is 3.69. The number of hydrogen-bond acceptors (Lipinski definition) is 2. The normalized spacial score (nSPS) is 30.6. The minimum atomic E-state index is 0.676. The summed E-state index contributed by atoms with van der Waals surface area (Å²) in [6.45, 7) is 5.71. The molecule has 0 bridgehead atoms. The van der Waals surface area contributed by atoms with Gasteiger partial charge in [0.1, 0.15) is 0 Å². The molecular formula is C13H20ClNS. The van der Waals surface area contributed by atoms with E-state index in [1.807, 2.05) is 6.07 Å². The van der Waals surface area contributed by atoms with Crippen molar-refractivity contribution in [2.24, 2.45) is 11.8 Å². The van der Waals surface area contributed by atoms with E-state index in [0.717, 1.165) is 22.7 Å². The average Bonchev–Trinajstić information content (AvgIpc) is 2.63. The highest BCUT2D eigenvalue weighted by Crippen LogP contribution is 2.29. The zero-order valence-corrected chi connectivity index (χ0v) is 11.6. The van der Waals surface area contributed by atoms with Crippen LogP contribution in [0.15, 0.2) is 12.1 Å². The predicted octanol–water partition coefficient (Wildman–Crippen LogP) is 4.32. The van der Waals surface area contributed by atoms with E-state index in [4.69, 9.17) is 11.6 Å². The Hall–Kier alpha value is -0.0500. The first-order chi connectivity index (χ1) is 7.66. The molecule has 0 aliphatic heterocycles. The predicted molar refractivity (Wildman–Crippen MR) is 72.1 cm³/mol. The third kappa shape index (κ3) is 2.99. The van der Waals surface area contributed by atoms with Crippen LogP contribution in [0.3, 0.4) is 0 Å². The van der Waals surface area contributed by atoms with Crippen LogP contribution in [0.5, 0.6) is 0 Å². The summed E-state index contributed by atoms with van der Waals surface area (Å²) in [4.78, 5) is 1.34. The SMILES string of the molecule is CC1CCCC(C)C1NCc1ccc(Cl)s1. The summed E-state index contributed by atoms with van der Waals surface area (Å²) in [7, 11) is 0. The highest BCUT2D eigenvalue weighted by atomic mass is 35.5. The zero-order valence-electron chi connectivity index (χ0n) is 10.0. The number of halogens is 1. The van der Waals surface area contributed by atoms with Crippen LogP contribution in [0.25, 0.3) is 0 Å². The first-order valence-electron chi connectivity index (χ1n) is 6.14. The lowest BCUT2D eigenvalue weighted by Crippen LogP contribution is -2.42. The molecule has 1 aliphatic rings. The molecular weight excluding hydrogens is 238 g/mol. The Morgan fingerprint density at radius 1 is 1.31 bits per heavy atom. The van der Waals surface area contributed by atoms with Crippen molar-refractivity contribution in [2.45, 2.75) is 45.7 Å². The molecule has 1 aromatic heterocycles. The molecule has 2 unspecified atom stereocenters. The molecule has 16 heavy (non-hydrogen) atoms. The van der Waals surface area contributed by atoms with Gasteiger partial charge in [0.2, 0.25) is 0 Å². The summed E-state index contributed by atoms with van der Waals surface area (Å²) in [6, 6.07) is 4.78. The van der Waals surface area contributed by atoms with Crippen LogP contribution < -0.4 is 5.32 Å². The Morgan fingerprint density at radius 2 is 2.00 bits per heavy atom. The van der Waals surface area contributed by atoms with Gasteiger partial charge in [0.15, 0.2) is 0 Å². The van der Waals surface area contributed by atoms with Crippen LogP contribution in [-0.2, 0) is 6.54 Å². The van der Waals surface area contributed by atoms with Crippen molar-refractivity contribution in [1.29, 1.82) is 0 Å². The van der Waals surface area contributed by atoms with E-state index in [1.54, 1.807) is 11.3 Å². The second kappa shape index (κ2) is 5.52. The molecule has 0 radical (unpaired) electrons. The van der Waals surface area contributed by atoms with E-state index >= 15 is 0 Å². The molecule has 0 saturated heterocycles. The topological polar surface area (TPSA) is 12.0 Å². The third-order valence-corrected chi connectivity index (χ3v) is 4.92. The molecule has 0 aromatic carbocycles. The van der Waals surface area contributed by atoms with Gasteiger partial charge in [0, 0.05) is 17.5 Å². The molecule has 2 rings (SSSR count). The van der Waals surface area contributed by atoms with Crippen LogP contribution in [0.4, 0.5) is 0 Å². The van der Waals surface area contributed by atoms with Crippen molar-refractivity contribution >= 4 is 22.9 Å². The van der Waals surface area contributed by atoms with Gasteiger partial charge in [-0.25, -0.2) is 0 Å². The Labute approximate surface area is 107 Å². The van der Waals surface area contributed by atoms with Crippen LogP contribution in [0.1, 0.15) is 38.0 Å². The maximum atomic E-state index is 5.93. The van der Waals surface area contributed by atoms with E-state index in [-0.39, 0.29) is 0 Å². The van der Waals surface area contributed by atoms with Crippen molar-refractivity contribution in [2.75, 3.05) is 0 Å². The van der Waals surface area contributed by atoms with E-state index in [0.29, 0.717) is 6.04 Å². The molecule has 0 spiro atoms. The van der Waals surface area contributed by atoms with Crippen molar-refractivity contribution in [3.05, 3.63) is 21.3 Å². The Bertz CT molecular complexity index is 326. The largest absolute Gasteiger partial charge is 0.309 e. The summed E-state index contributed by atoms with van der Waals surface area (Å²) in [5, 5.41) is 3.70. The summed E-state index contributed by atoms with van der Waals surface area (Å²) >= 11 is 7.61. The van der Waals surface area contributed by atoms with E-state index in [2.05, 4.69) is 25.2 Å². The second-order valence-corrected chi connectivity index (χ2v) is 6.80. The molecule has 0 amide bonds. The lowest BCUT2D eigenvalue weighted by atomic mass is 9.79. The van der Waals surface area contributed by atoms with Gasteiger partial charge < -0.3 is 5.32 Å². The quantitative estimate of drug-likeness (QED) is 0.851. The van der Waals surface area contributed by atoms with Crippen molar-refractivity contribution in [3.8, 4) is 0 Å². The molecule has 1 N–H and O–H groups in total. The first-order valence-corrected chi connectivity index (χ1v) is 7.34. The summed E-state index contributed by atoms with van der Waals surface area (Å²) in [5.41, 5.74) is 0. The van der Waals surface area contributed by atoms with Crippen molar-refractivity contribution < 1.29 is 0 Å². The maximum absolute atomic E-state index is 5.93. The number of hydrogen-bond donors (Lipinski definition) is 1. The fourth-order valence-electron chi connectivity index (χ4n) is 2.75. The van der Waals surface area contributed by atoms with Gasteiger partial charge in [-0.15, -0.1) is 11.3 Å². The van der Waals surface area contributed by atoms with Gasteiger partial charge in [-0.2, -0.15) is 0 Å². The van der Waals surface area contributed by atoms with Gasteiger partial charge in [-0.05, 0) is 36.8 Å². The number of thiophene rings is 1. The van der Waals surface area contributed by atoms with Gasteiger partial charge in [0.05, 0.1) is 4.34 Å². The summed E-state index contributed by atoms with van der Waals surface area (Å²) < 4.78 is 0.890. The van der Waals surface area contributed by atoms with Crippen LogP contribution in [0, 0.1) is 11.8 Å². The molecule has 1 heterocycles. The van der Waals surface area contributed by atoms with Crippen LogP contribution >= 0.6 is 22.9 Å². The number of nitrogens with one attached hydrogen (secondary N) is 1. The van der Waals surface area contributed by atoms with Gasteiger partial charge in [-0.3, -0.25) is 0 Å². The van der Waals surface area contributed by atoms with Crippen molar-refractivity contribution in [1.82, 2.24) is 5.32 Å². The lowest BCUT2D eigenvalue weighted by molar-refractivity contribution is 0.208. The summed E-state index contributed by atoms with van der Waals surface area (Å²) in [5.74, 6) is 1.61. The minimum absolute atomic E-state index is 0.676. The summed E-state index contributed by atoms with van der Waals surface area (Å²) in [6.07, 6.45) is 4.13. The van der Waals surface area contributed by atoms with Gasteiger partial charge in [-0.1, -0.05) is 31.9 Å². The van der Waals surface area contributed by atoms with Gasteiger partial charge in [0.25, 0.3) is 0 Å². The standard InChI is InChI=1S/C13H20ClNS/c1-9-4-3-5-10(2)13(9)15-8-11-6-7-12(14)16-11/h6-7,9-10,13,15H,3-5,8H2,1-2H3. The lowest BCUT2D eigenvalue weighted by Gasteiger charge is -2.35. The molecule has 1 fully saturated rings. The smallest absolute Gasteiger partial charge is 0.0931 e.